The number of hydrogen-bond donors (Lipinski definition) is 1. The standard InChI is InChI=1S/C13H20N2O/c1-11(15-8-6-14-7-9-15)12-4-3-5-13(10-12)16-2/h3-5,10-11,14H,6-9H2,1-2H3/t11-/m0/s1. The number of nitrogens with one attached hydrogen (secondary N) is 1. The number of ether oxygens (including phenoxy) is 1. The maximum Gasteiger partial charge on any atom is 0.119 e. The van der Waals surface area contributed by atoms with Crippen LogP contribution < -0.4 is 10.1 Å². The molecule has 88 valence electrons. The Labute approximate surface area is 97.4 Å². The second-order valence-electron chi connectivity index (χ2n) is 4.24. The normalized spacial score (nSPS) is 19.4. The maximum atomic E-state index is 5.26. The van der Waals surface area contributed by atoms with Crippen molar-refractivity contribution >= 4 is 0 Å². The first-order valence-electron chi connectivity index (χ1n) is 5.90. The van der Waals surface area contributed by atoms with Crippen molar-refractivity contribution in [2.45, 2.75) is 13.0 Å². The molecule has 0 aliphatic carbocycles. The molecular weight excluding hydrogens is 200 g/mol. The Balaban J connectivity index is 2.09. The van der Waals surface area contributed by atoms with Crippen LogP contribution in [-0.2, 0) is 0 Å². The number of piperazine rings is 1. The third-order valence-electron chi connectivity index (χ3n) is 3.28. The van der Waals surface area contributed by atoms with Gasteiger partial charge < -0.3 is 10.1 Å². The third kappa shape index (κ3) is 2.54. The lowest BCUT2D eigenvalue weighted by Crippen LogP contribution is -2.44. The molecule has 1 N–H and O–H groups in total. The number of rotatable bonds is 3. The first-order valence-corrected chi connectivity index (χ1v) is 5.90. The van der Waals surface area contributed by atoms with Crippen LogP contribution in [0.5, 0.6) is 5.75 Å². The Morgan fingerprint density at radius 2 is 2.06 bits per heavy atom. The van der Waals surface area contributed by atoms with Crippen molar-refractivity contribution in [2.24, 2.45) is 0 Å². The van der Waals surface area contributed by atoms with Gasteiger partial charge in [-0.05, 0) is 24.6 Å². The molecule has 0 radical (unpaired) electrons. The summed E-state index contributed by atoms with van der Waals surface area (Å²) in [5, 5.41) is 3.38. The molecule has 1 saturated heterocycles. The molecule has 16 heavy (non-hydrogen) atoms. The van der Waals surface area contributed by atoms with Crippen molar-refractivity contribution in [1.82, 2.24) is 10.2 Å². The summed E-state index contributed by atoms with van der Waals surface area (Å²) >= 11 is 0. The summed E-state index contributed by atoms with van der Waals surface area (Å²) in [6.07, 6.45) is 0. The van der Waals surface area contributed by atoms with E-state index in [-0.39, 0.29) is 0 Å². The first kappa shape index (κ1) is 11.4. The summed E-state index contributed by atoms with van der Waals surface area (Å²) in [5.74, 6) is 0.944. The number of methoxy groups -OCH3 is 1. The fourth-order valence-corrected chi connectivity index (χ4v) is 2.18. The van der Waals surface area contributed by atoms with Crippen LogP contribution in [0.15, 0.2) is 24.3 Å². The number of benzene rings is 1. The molecule has 3 nitrogen and oxygen atoms in total. The zero-order chi connectivity index (χ0) is 11.4. The highest BCUT2D eigenvalue weighted by molar-refractivity contribution is 5.30. The number of hydrogen-bond acceptors (Lipinski definition) is 3. The molecule has 1 heterocycles. The van der Waals surface area contributed by atoms with E-state index in [1.807, 2.05) is 6.07 Å². The monoisotopic (exact) mass is 220 g/mol. The minimum absolute atomic E-state index is 0.470. The highest BCUT2D eigenvalue weighted by atomic mass is 16.5. The van der Waals surface area contributed by atoms with Crippen LogP contribution in [0.4, 0.5) is 0 Å². The first-order chi connectivity index (χ1) is 7.81. The molecule has 1 fully saturated rings. The zero-order valence-corrected chi connectivity index (χ0v) is 10.1. The summed E-state index contributed by atoms with van der Waals surface area (Å²) in [5.41, 5.74) is 1.33. The predicted molar refractivity (Wildman–Crippen MR) is 65.9 cm³/mol. The topological polar surface area (TPSA) is 24.5 Å². The van der Waals surface area contributed by atoms with Gasteiger partial charge in [-0.2, -0.15) is 0 Å². The summed E-state index contributed by atoms with van der Waals surface area (Å²) < 4.78 is 5.26. The van der Waals surface area contributed by atoms with Crippen molar-refractivity contribution in [3.05, 3.63) is 29.8 Å². The summed E-state index contributed by atoms with van der Waals surface area (Å²) in [6, 6.07) is 8.83. The third-order valence-corrected chi connectivity index (χ3v) is 3.28. The Morgan fingerprint density at radius 3 is 2.75 bits per heavy atom. The SMILES string of the molecule is COc1cccc([C@H](C)N2CCNCC2)c1. The molecule has 3 heteroatoms. The minimum atomic E-state index is 0.470. The van der Waals surface area contributed by atoms with Crippen molar-refractivity contribution < 1.29 is 4.74 Å². The van der Waals surface area contributed by atoms with E-state index in [1.165, 1.54) is 5.56 Å². The fraction of sp³-hybridized carbons (Fsp3) is 0.538. The van der Waals surface area contributed by atoms with E-state index in [9.17, 15) is 0 Å². The summed E-state index contributed by atoms with van der Waals surface area (Å²) in [4.78, 5) is 2.51. The van der Waals surface area contributed by atoms with Gasteiger partial charge in [0, 0.05) is 32.2 Å². The van der Waals surface area contributed by atoms with Gasteiger partial charge in [0.1, 0.15) is 5.75 Å². The molecule has 1 atom stereocenters. The molecular formula is C13H20N2O. The van der Waals surface area contributed by atoms with Crippen molar-refractivity contribution in [3.8, 4) is 5.75 Å². The van der Waals surface area contributed by atoms with Gasteiger partial charge in [0.15, 0.2) is 0 Å². The van der Waals surface area contributed by atoms with Gasteiger partial charge in [0.25, 0.3) is 0 Å². The Kier molecular flexibility index (Phi) is 3.80. The summed E-state index contributed by atoms with van der Waals surface area (Å²) in [6.45, 7) is 6.69. The van der Waals surface area contributed by atoms with E-state index in [2.05, 4.69) is 35.3 Å². The lowest BCUT2D eigenvalue weighted by atomic mass is 10.1. The average molecular weight is 220 g/mol. The lowest BCUT2D eigenvalue weighted by molar-refractivity contribution is 0.185. The van der Waals surface area contributed by atoms with Crippen LogP contribution in [0.25, 0.3) is 0 Å². The van der Waals surface area contributed by atoms with Crippen LogP contribution in [-0.4, -0.2) is 38.2 Å². The zero-order valence-electron chi connectivity index (χ0n) is 10.1. The van der Waals surface area contributed by atoms with E-state index in [4.69, 9.17) is 4.74 Å². The molecule has 1 aromatic rings. The molecule has 0 aromatic heterocycles. The van der Waals surface area contributed by atoms with Crippen LogP contribution in [0.2, 0.25) is 0 Å². The molecule has 1 aromatic carbocycles. The van der Waals surface area contributed by atoms with Gasteiger partial charge in [-0.25, -0.2) is 0 Å². The van der Waals surface area contributed by atoms with E-state index in [0.29, 0.717) is 6.04 Å². The number of nitrogens with zero attached hydrogens (tertiary/aromatic N) is 1. The van der Waals surface area contributed by atoms with Crippen molar-refractivity contribution in [2.75, 3.05) is 33.3 Å². The van der Waals surface area contributed by atoms with Gasteiger partial charge in [-0.15, -0.1) is 0 Å². The van der Waals surface area contributed by atoms with Crippen LogP contribution in [0.3, 0.4) is 0 Å². The van der Waals surface area contributed by atoms with E-state index < -0.39 is 0 Å². The Bertz CT molecular complexity index is 334. The van der Waals surface area contributed by atoms with Gasteiger partial charge >= 0.3 is 0 Å². The molecule has 0 spiro atoms. The average Bonchev–Trinajstić information content (AvgIpc) is 2.39. The van der Waals surface area contributed by atoms with Gasteiger partial charge in [-0.3, -0.25) is 4.90 Å². The van der Waals surface area contributed by atoms with E-state index in [1.54, 1.807) is 7.11 Å². The second-order valence-corrected chi connectivity index (χ2v) is 4.24. The summed E-state index contributed by atoms with van der Waals surface area (Å²) in [7, 11) is 1.72. The molecule has 1 aliphatic rings. The molecule has 1 aliphatic heterocycles. The van der Waals surface area contributed by atoms with Crippen molar-refractivity contribution in [3.63, 3.8) is 0 Å². The Hall–Kier alpha value is -1.06. The van der Waals surface area contributed by atoms with E-state index >= 15 is 0 Å². The lowest BCUT2D eigenvalue weighted by Gasteiger charge is -2.33. The van der Waals surface area contributed by atoms with Crippen molar-refractivity contribution in [1.29, 1.82) is 0 Å². The molecule has 0 bridgehead atoms. The van der Waals surface area contributed by atoms with Crippen LogP contribution in [0.1, 0.15) is 18.5 Å². The van der Waals surface area contributed by atoms with Gasteiger partial charge in [0.2, 0.25) is 0 Å². The Morgan fingerprint density at radius 1 is 1.31 bits per heavy atom. The van der Waals surface area contributed by atoms with E-state index in [0.717, 1.165) is 31.9 Å². The molecule has 2 rings (SSSR count). The van der Waals surface area contributed by atoms with Gasteiger partial charge in [-0.1, -0.05) is 12.1 Å². The largest absolute Gasteiger partial charge is 0.497 e. The predicted octanol–water partition coefficient (Wildman–Crippen LogP) is 1.66. The molecule has 0 unspecified atom stereocenters. The molecule has 0 amide bonds. The maximum absolute atomic E-state index is 5.26. The van der Waals surface area contributed by atoms with Gasteiger partial charge in [0.05, 0.1) is 7.11 Å². The highest BCUT2D eigenvalue weighted by Crippen LogP contribution is 2.23. The quantitative estimate of drug-likeness (QED) is 0.838. The fourth-order valence-electron chi connectivity index (χ4n) is 2.18. The highest BCUT2D eigenvalue weighted by Gasteiger charge is 2.17. The smallest absolute Gasteiger partial charge is 0.119 e. The molecule has 0 saturated carbocycles. The van der Waals surface area contributed by atoms with Crippen LogP contribution >= 0.6 is 0 Å². The minimum Gasteiger partial charge on any atom is -0.497 e. The second kappa shape index (κ2) is 5.32. The van der Waals surface area contributed by atoms with Crippen LogP contribution in [0, 0.1) is 0 Å².